The topological polar surface area (TPSA) is 90.4 Å². The summed E-state index contributed by atoms with van der Waals surface area (Å²) in [5.41, 5.74) is 2.52. The maximum Gasteiger partial charge on any atom is 0.272 e. The predicted molar refractivity (Wildman–Crippen MR) is 76.5 cm³/mol. The molecule has 0 bridgehead atoms. The zero-order valence-electron chi connectivity index (χ0n) is 12.4. The number of nitro benzene ring substituents is 1. The number of nitro groups is 1. The van der Waals surface area contributed by atoms with E-state index in [0.717, 1.165) is 0 Å². The summed E-state index contributed by atoms with van der Waals surface area (Å²) in [6.45, 7) is 5.00. The van der Waals surface area contributed by atoms with Crippen LogP contribution in [0.5, 0.6) is 11.6 Å². The van der Waals surface area contributed by atoms with Crippen LogP contribution in [-0.2, 0) is 13.7 Å². The average molecular weight is 291 g/mol. The first kappa shape index (κ1) is 15.0. The van der Waals surface area contributed by atoms with Crippen molar-refractivity contribution in [2.24, 2.45) is 7.05 Å². The molecule has 7 heteroatoms. The minimum absolute atomic E-state index is 0.0587. The molecule has 0 unspecified atom stereocenters. The van der Waals surface area contributed by atoms with Crippen molar-refractivity contribution in [3.8, 4) is 11.6 Å². The number of hydrogen-bond donors (Lipinski definition) is 1. The first-order chi connectivity index (χ1) is 9.85. The average Bonchev–Trinajstić information content (AvgIpc) is 2.67. The smallest absolute Gasteiger partial charge is 0.272 e. The Kier molecular flexibility index (Phi) is 3.95. The van der Waals surface area contributed by atoms with Crippen molar-refractivity contribution in [1.29, 1.82) is 0 Å². The van der Waals surface area contributed by atoms with Crippen molar-refractivity contribution in [2.45, 2.75) is 27.4 Å². The first-order valence-electron chi connectivity index (χ1n) is 6.42. The molecule has 0 aliphatic rings. The van der Waals surface area contributed by atoms with Crippen LogP contribution in [0.15, 0.2) is 12.1 Å². The van der Waals surface area contributed by atoms with Crippen LogP contribution in [0, 0.1) is 30.9 Å². The van der Waals surface area contributed by atoms with E-state index < -0.39 is 4.92 Å². The van der Waals surface area contributed by atoms with Gasteiger partial charge in [0.2, 0.25) is 5.88 Å². The molecule has 0 fully saturated rings. The summed E-state index contributed by atoms with van der Waals surface area (Å²) < 4.78 is 7.35. The molecule has 2 rings (SSSR count). The van der Waals surface area contributed by atoms with Crippen molar-refractivity contribution in [2.75, 3.05) is 0 Å². The number of aliphatic hydroxyl groups excluding tert-OH is 1. The first-order valence-corrected chi connectivity index (χ1v) is 6.42. The Balaban J connectivity index is 2.46. The molecule has 0 saturated heterocycles. The van der Waals surface area contributed by atoms with Crippen LogP contribution in [-0.4, -0.2) is 19.8 Å². The number of hydrogen-bond acceptors (Lipinski definition) is 5. The lowest BCUT2D eigenvalue weighted by atomic mass is 10.1. The van der Waals surface area contributed by atoms with Gasteiger partial charge in [0.05, 0.1) is 22.8 Å². The van der Waals surface area contributed by atoms with Crippen LogP contribution in [0.2, 0.25) is 0 Å². The van der Waals surface area contributed by atoms with Gasteiger partial charge in [-0.25, -0.2) is 4.68 Å². The largest absolute Gasteiger partial charge is 0.439 e. The molecule has 1 N–H and O–H groups in total. The van der Waals surface area contributed by atoms with Gasteiger partial charge in [0, 0.05) is 18.7 Å². The van der Waals surface area contributed by atoms with E-state index in [-0.39, 0.29) is 12.3 Å². The number of aryl methyl sites for hydroxylation is 4. The van der Waals surface area contributed by atoms with E-state index >= 15 is 0 Å². The number of nitrogens with zero attached hydrogens (tertiary/aromatic N) is 3. The standard InChI is InChI=1S/C14H17N3O4/c1-8-6-13(9(2)5-12(8)17(19)20)21-14-11(7-18)10(3)15-16(14)4/h5-6,18H,7H2,1-4H3. The van der Waals surface area contributed by atoms with Crippen LogP contribution in [0.1, 0.15) is 22.4 Å². The molecule has 1 aromatic heterocycles. The van der Waals surface area contributed by atoms with Crippen LogP contribution in [0.25, 0.3) is 0 Å². The molecule has 1 aromatic carbocycles. The lowest BCUT2D eigenvalue weighted by molar-refractivity contribution is -0.385. The van der Waals surface area contributed by atoms with Gasteiger partial charge in [0.1, 0.15) is 5.75 Å². The number of ether oxygens (including phenoxy) is 1. The molecule has 0 saturated carbocycles. The Hall–Kier alpha value is -2.41. The van der Waals surface area contributed by atoms with E-state index in [1.807, 2.05) is 0 Å². The van der Waals surface area contributed by atoms with E-state index in [2.05, 4.69) is 5.10 Å². The van der Waals surface area contributed by atoms with Gasteiger partial charge in [-0.3, -0.25) is 10.1 Å². The SMILES string of the molecule is Cc1cc([N+](=O)[O-])c(C)cc1Oc1c(CO)c(C)nn1C. The minimum atomic E-state index is -0.417. The van der Waals surface area contributed by atoms with E-state index in [4.69, 9.17) is 4.74 Å². The summed E-state index contributed by atoms with van der Waals surface area (Å²) in [6, 6.07) is 3.10. The Bertz CT molecular complexity index is 707. The fraction of sp³-hybridized carbons (Fsp3) is 0.357. The maximum absolute atomic E-state index is 10.9. The van der Waals surface area contributed by atoms with E-state index in [9.17, 15) is 15.2 Å². The summed E-state index contributed by atoms with van der Waals surface area (Å²) >= 11 is 0. The Morgan fingerprint density at radius 2 is 2.00 bits per heavy atom. The van der Waals surface area contributed by atoms with Gasteiger partial charge >= 0.3 is 0 Å². The summed E-state index contributed by atoms with van der Waals surface area (Å²) in [5, 5.41) is 24.5. The van der Waals surface area contributed by atoms with Crippen LogP contribution < -0.4 is 4.74 Å². The van der Waals surface area contributed by atoms with Crippen LogP contribution in [0.3, 0.4) is 0 Å². The zero-order valence-corrected chi connectivity index (χ0v) is 12.4. The fourth-order valence-corrected chi connectivity index (χ4v) is 2.18. The number of rotatable bonds is 4. The van der Waals surface area contributed by atoms with Crippen LogP contribution >= 0.6 is 0 Å². The third-order valence-electron chi connectivity index (χ3n) is 3.34. The number of aromatic nitrogens is 2. The molecule has 2 aromatic rings. The zero-order chi connectivity index (χ0) is 15.7. The molecule has 112 valence electrons. The molecule has 0 radical (unpaired) electrons. The predicted octanol–water partition coefficient (Wildman–Crippen LogP) is 2.54. The second kappa shape index (κ2) is 5.53. The normalized spacial score (nSPS) is 10.7. The third kappa shape index (κ3) is 2.73. The Morgan fingerprint density at radius 1 is 1.33 bits per heavy atom. The van der Waals surface area contributed by atoms with Crippen molar-refractivity contribution >= 4 is 5.69 Å². The number of benzene rings is 1. The van der Waals surface area contributed by atoms with Gasteiger partial charge in [-0.1, -0.05) is 0 Å². The highest BCUT2D eigenvalue weighted by Crippen LogP contribution is 2.33. The molecule has 0 spiro atoms. The fourth-order valence-electron chi connectivity index (χ4n) is 2.18. The lowest BCUT2D eigenvalue weighted by Crippen LogP contribution is -2.00. The van der Waals surface area contributed by atoms with Gasteiger partial charge in [-0.05, 0) is 32.4 Å². The highest BCUT2D eigenvalue weighted by atomic mass is 16.6. The van der Waals surface area contributed by atoms with Crippen molar-refractivity contribution < 1.29 is 14.8 Å². The van der Waals surface area contributed by atoms with Gasteiger partial charge < -0.3 is 9.84 Å². The van der Waals surface area contributed by atoms with Crippen molar-refractivity contribution in [1.82, 2.24) is 9.78 Å². The summed E-state index contributed by atoms with van der Waals surface area (Å²) in [7, 11) is 1.72. The molecule has 0 atom stereocenters. The molecule has 0 amide bonds. The van der Waals surface area contributed by atoms with Gasteiger partial charge in [0.15, 0.2) is 0 Å². The van der Waals surface area contributed by atoms with Crippen molar-refractivity contribution in [3.05, 3.63) is 44.6 Å². The molecule has 0 aliphatic heterocycles. The highest BCUT2D eigenvalue weighted by Gasteiger charge is 2.18. The van der Waals surface area contributed by atoms with Crippen LogP contribution in [0.4, 0.5) is 5.69 Å². The van der Waals surface area contributed by atoms with Crippen molar-refractivity contribution in [3.63, 3.8) is 0 Å². The molecule has 21 heavy (non-hydrogen) atoms. The van der Waals surface area contributed by atoms with E-state index in [1.165, 1.54) is 10.7 Å². The monoisotopic (exact) mass is 291 g/mol. The van der Waals surface area contributed by atoms with Gasteiger partial charge in [0.25, 0.3) is 5.69 Å². The minimum Gasteiger partial charge on any atom is -0.439 e. The van der Waals surface area contributed by atoms with Gasteiger partial charge in [-0.2, -0.15) is 5.10 Å². The quantitative estimate of drug-likeness (QED) is 0.690. The molecule has 7 nitrogen and oxygen atoms in total. The third-order valence-corrected chi connectivity index (χ3v) is 3.34. The molecular weight excluding hydrogens is 274 g/mol. The Morgan fingerprint density at radius 3 is 2.57 bits per heavy atom. The number of aliphatic hydroxyl groups is 1. The summed E-state index contributed by atoms with van der Waals surface area (Å²) in [4.78, 5) is 10.5. The Labute approximate surface area is 121 Å². The van der Waals surface area contributed by atoms with E-state index in [1.54, 1.807) is 33.9 Å². The summed E-state index contributed by atoms with van der Waals surface area (Å²) in [6.07, 6.45) is 0. The highest BCUT2D eigenvalue weighted by molar-refractivity contribution is 5.50. The molecule has 1 heterocycles. The maximum atomic E-state index is 10.9. The van der Waals surface area contributed by atoms with E-state index in [0.29, 0.717) is 34.0 Å². The second-order valence-corrected chi connectivity index (χ2v) is 4.91. The lowest BCUT2D eigenvalue weighted by Gasteiger charge is -2.11. The second-order valence-electron chi connectivity index (χ2n) is 4.91. The summed E-state index contributed by atoms with van der Waals surface area (Å²) in [5.74, 6) is 0.946. The van der Waals surface area contributed by atoms with Gasteiger partial charge in [-0.15, -0.1) is 0 Å². The molecular formula is C14H17N3O4. The molecule has 0 aliphatic carbocycles.